The van der Waals surface area contributed by atoms with Gasteiger partial charge in [0.25, 0.3) is 0 Å². The molecule has 3 rings (SSSR count). The van der Waals surface area contributed by atoms with Gasteiger partial charge >= 0.3 is 5.97 Å². The highest BCUT2D eigenvalue weighted by molar-refractivity contribution is 7.80. The number of methoxy groups -OCH3 is 1. The molecule has 0 saturated carbocycles. The van der Waals surface area contributed by atoms with E-state index in [-0.39, 0.29) is 12.5 Å². The van der Waals surface area contributed by atoms with Gasteiger partial charge in [-0.1, -0.05) is 23.4 Å². The quantitative estimate of drug-likeness (QED) is 0.447. The number of aromatic nitrogens is 2. The normalized spacial score (nSPS) is 10.3. The van der Waals surface area contributed by atoms with Crippen molar-refractivity contribution in [3.8, 4) is 17.1 Å². The fraction of sp³-hybridized carbons (Fsp3) is 0.200. The monoisotopic (exact) mass is 412 g/mol. The lowest BCUT2D eigenvalue weighted by molar-refractivity contribution is 0.0526. The van der Waals surface area contributed by atoms with Crippen molar-refractivity contribution in [3.05, 3.63) is 60.0 Å². The number of nitrogens with one attached hydrogen (secondary N) is 2. The lowest BCUT2D eigenvalue weighted by atomic mass is 10.2. The molecule has 0 amide bonds. The van der Waals surface area contributed by atoms with E-state index in [9.17, 15) is 4.79 Å². The van der Waals surface area contributed by atoms with E-state index in [2.05, 4.69) is 20.8 Å². The average molecular weight is 412 g/mol. The number of hydrogen-bond acceptors (Lipinski definition) is 7. The Bertz CT molecular complexity index is 1010. The fourth-order valence-corrected chi connectivity index (χ4v) is 2.67. The standard InChI is InChI=1S/C20H20N4O4S/c1-3-27-19(25)14-7-4-8-15(10-14)22-20(29)21-12-17-23-18(24-28-17)13-6-5-9-16(11-13)26-2/h4-11H,3,12H2,1-2H3,(H2,21,22,29). The number of esters is 1. The first-order chi connectivity index (χ1) is 14.1. The van der Waals surface area contributed by atoms with Crippen LogP contribution >= 0.6 is 12.2 Å². The maximum atomic E-state index is 11.8. The molecule has 0 fully saturated rings. The summed E-state index contributed by atoms with van der Waals surface area (Å²) in [6.45, 7) is 2.33. The molecule has 9 heteroatoms. The number of carbonyl (C=O) groups is 1. The van der Waals surface area contributed by atoms with Crippen LogP contribution in [0.1, 0.15) is 23.2 Å². The Morgan fingerprint density at radius 1 is 1.21 bits per heavy atom. The molecule has 0 atom stereocenters. The highest BCUT2D eigenvalue weighted by Gasteiger charge is 2.11. The molecule has 1 aromatic heterocycles. The molecule has 0 aliphatic heterocycles. The Hall–Kier alpha value is -3.46. The number of carbonyl (C=O) groups excluding carboxylic acids is 1. The Labute approximate surface area is 173 Å². The van der Waals surface area contributed by atoms with Crippen LogP contribution in [-0.4, -0.2) is 34.9 Å². The van der Waals surface area contributed by atoms with Gasteiger partial charge < -0.3 is 24.6 Å². The Balaban J connectivity index is 1.57. The van der Waals surface area contributed by atoms with Crippen molar-refractivity contribution in [1.82, 2.24) is 15.5 Å². The van der Waals surface area contributed by atoms with E-state index in [1.165, 1.54) is 0 Å². The van der Waals surface area contributed by atoms with Crippen molar-refractivity contribution in [2.75, 3.05) is 19.0 Å². The van der Waals surface area contributed by atoms with Gasteiger partial charge in [-0.15, -0.1) is 0 Å². The van der Waals surface area contributed by atoms with Gasteiger partial charge in [-0.05, 0) is 49.5 Å². The Morgan fingerprint density at radius 3 is 2.83 bits per heavy atom. The summed E-state index contributed by atoms with van der Waals surface area (Å²) >= 11 is 5.28. The summed E-state index contributed by atoms with van der Waals surface area (Å²) in [7, 11) is 1.60. The smallest absolute Gasteiger partial charge is 0.338 e. The number of nitrogens with zero attached hydrogens (tertiary/aromatic N) is 2. The van der Waals surface area contributed by atoms with E-state index < -0.39 is 0 Å². The van der Waals surface area contributed by atoms with E-state index >= 15 is 0 Å². The molecule has 0 radical (unpaired) electrons. The van der Waals surface area contributed by atoms with Gasteiger partial charge in [-0.2, -0.15) is 4.98 Å². The van der Waals surface area contributed by atoms with Gasteiger partial charge in [0.15, 0.2) is 5.11 Å². The van der Waals surface area contributed by atoms with Crippen LogP contribution in [0.5, 0.6) is 5.75 Å². The summed E-state index contributed by atoms with van der Waals surface area (Å²) in [5.74, 6) is 1.17. The number of ether oxygens (including phenoxy) is 2. The highest BCUT2D eigenvalue weighted by atomic mass is 32.1. The molecule has 0 saturated heterocycles. The van der Waals surface area contributed by atoms with Crippen molar-refractivity contribution in [3.63, 3.8) is 0 Å². The predicted molar refractivity (Wildman–Crippen MR) is 112 cm³/mol. The van der Waals surface area contributed by atoms with Gasteiger partial charge in [0.05, 0.1) is 25.8 Å². The second-order valence-electron chi connectivity index (χ2n) is 5.85. The van der Waals surface area contributed by atoms with Crippen LogP contribution < -0.4 is 15.4 Å². The number of anilines is 1. The number of benzene rings is 2. The number of thiocarbonyl (C=S) groups is 1. The zero-order chi connectivity index (χ0) is 20.6. The summed E-state index contributed by atoms with van der Waals surface area (Å²) in [5.41, 5.74) is 1.89. The SMILES string of the molecule is CCOC(=O)c1cccc(NC(=S)NCc2nc(-c3cccc(OC)c3)no2)c1. The molecule has 0 aliphatic carbocycles. The second-order valence-corrected chi connectivity index (χ2v) is 6.26. The summed E-state index contributed by atoms with van der Waals surface area (Å²) < 4.78 is 15.5. The average Bonchev–Trinajstić information content (AvgIpc) is 3.22. The van der Waals surface area contributed by atoms with Crippen LogP contribution in [-0.2, 0) is 11.3 Å². The van der Waals surface area contributed by atoms with Crippen molar-refractivity contribution < 1.29 is 18.8 Å². The maximum absolute atomic E-state index is 11.8. The van der Waals surface area contributed by atoms with E-state index in [1.807, 2.05) is 24.3 Å². The fourth-order valence-electron chi connectivity index (χ4n) is 2.48. The van der Waals surface area contributed by atoms with E-state index in [0.29, 0.717) is 40.4 Å². The largest absolute Gasteiger partial charge is 0.497 e. The van der Waals surface area contributed by atoms with E-state index in [4.69, 9.17) is 26.2 Å². The first kappa shape index (κ1) is 20.3. The summed E-state index contributed by atoms with van der Waals surface area (Å²) in [6.07, 6.45) is 0. The molecule has 29 heavy (non-hydrogen) atoms. The molecule has 0 aliphatic rings. The highest BCUT2D eigenvalue weighted by Crippen LogP contribution is 2.21. The van der Waals surface area contributed by atoms with Crippen LogP contribution in [0.25, 0.3) is 11.4 Å². The third-order valence-corrected chi connectivity index (χ3v) is 4.07. The molecule has 2 aromatic carbocycles. The minimum absolute atomic E-state index is 0.250. The van der Waals surface area contributed by atoms with Crippen LogP contribution in [0.15, 0.2) is 53.1 Å². The lowest BCUT2D eigenvalue weighted by Gasteiger charge is -2.10. The molecule has 1 heterocycles. The minimum Gasteiger partial charge on any atom is -0.497 e. The first-order valence-electron chi connectivity index (χ1n) is 8.88. The zero-order valence-electron chi connectivity index (χ0n) is 16.0. The first-order valence-corrected chi connectivity index (χ1v) is 9.29. The zero-order valence-corrected chi connectivity index (χ0v) is 16.8. The van der Waals surface area contributed by atoms with E-state index in [1.54, 1.807) is 38.3 Å². The minimum atomic E-state index is -0.383. The summed E-state index contributed by atoms with van der Waals surface area (Å²) in [5, 5.41) is 10.3. The summed E-state index contributed by atoms with van der Waals surface area (Å²) in [6, 6.07) is 14.3. The number of rotatable bonds is 7. The van der Waals surface area contributed by atoms with Gasteiger partial charge in [-0.3, -0.25) is 0 Å². The van der Waals surface area contributed by atoms with Crippen LogP contribution in [0.3, 0.4) is 0 Å². The molecule has 150 valence electrons. The topological polar surface area (TPSA) is 98.5 Å². The van der Waals surface area contributed by atoms with Crippen LogP contribution in [0, 0.1) is 0 Å². The summed E-state index contributed by atoms with van der Waals surface area (Å²) in [4.78, 5) is 16.2. The van der Waals surface area contributed by atoms with E-state index in [0.717, 1.165) is 5.56 Å². The van der Waals surface area contributed by atoms with Gasteiger partial charge in [0.1, 0.15) is 5.75 Å². The Kier molecular flexibility index (Phi) is 6.75. The molecule has 8 nitrogen and oxygen atoms in total. The van der Waals surface area contributed by atoms with Crippen molar-refractivity contribution in [2.45, 2.75) is 13.5 Å². The van der Waals surface area contributed by atoms with Crippen LogP contribution in [0.2, 0.25) is 0 Å². The molecule has 0 unspecified atom stereocenters. The van der Waals surface area contributed by atoms with Crippen molar-refractivity contribution >= 4 is 29.0 Å². The predicted octanol–water partition coefficient (Wildman–Crippen LogP) is 3.41. The molecule has 0 bridgehead atoms. The second kappa shape index (κ2) is 9.65. The van der Waals surface area contributed by atoms with Gasteiger partial charge in [0, 0.05) is 11.3 Å². The molecule has 3 aromatic rings. The number of hydrogen-bond donors (Lipinski definition) is 2. The molecule has 0 spiro atoms. The third kappa shape index (κ3) is 5.52. The van der Waals surface area contributed by atoms with Crippen LogP contribution in [0.4, 0.5) is 5.69 Å². The lowest BCUT2D eigenvalue weighted by Crippen LogP contribution is -2.28. The van der Waals surface area contributed by atoms with Crippen molar-refractivity contribution in [1.29, 1.82) is 0 Å². The van der Waals surface area contributed by atoms with Gasteiger partial charge in [-0.25, -0.2) is 4.79 Å². The maximum Gasteiger partial charge on any atom is 0.338 e. The molecule has 2 N–H and O–H groups in total. The molecular formula is C20H20N4O4S. The third-order valence-electron chi connectivity index (χ3n) is 3.83. The molecular weight excluding hydrogens is 392 g/mol. The van der Waals surface area contributed by atoms with Crippen molar-refractivity contribution in [2.24, 2.45) is 0 Å². The van der Waals surface area contributed by atoms with Gasteiger partial charge in [0.2, 0.25) is 11.7 Å². The Morgan fingerprint density at radius 2 is 2.03 bits per heavy atom.